The Hall–Kier alpha value is -3.67. The number of anilines is 1. The standard InChI is InChI=1S/C23H23F3N4O4S/c1-12-9-10-17(13(2)19(12)33-4)34-22-18(14(3)20(29-30-22)23(24,25)26)21(31)28-15-7-6-8-16(11-15)35(5,27)32/h6-11,27H,1-5H3,(H,28,31). The van der Waals surface area contributed by atoms with Gasteiger partial charge < -0.3 is 14.8 Å². The van der Waals surface area contributed by atoms with Gasteiger partial charge >= 0.3 is 6.18 Å². The number of nitrogens with one attached hydrogen (secondary N) is 2. The third-order valence-electron chi connectivity index (χ3n) is 5.19. The molecule has 0 bridgehead atoms. The number of aromatic nitrogens is 2. The van der Waals surface area contributed by atoms with E-state index in [0.29, 0.717) is 11.3 Å². The predicted molar refractivity (Wildman–Crippen MR) is 124 cm³/mol. The van der Waals surface area contributed by atoms with Crippen LogP contribution in [0.4, 0.5) is 18.9 Å². The molecule has 1 heterocycles. The SMILES string of the molecule is COc1c(C)ccc(Oc2nnc(C(F)(F)F)c(C)c2C(=O)Nc2cccc(S(C)(=N)=O)c2)c1C. The number of carbonyl (C=O) groups excluding carboxylic acids is 1. The van der Waals surface area contributed by atoms with Crippen molar-refractivity contribution in [2.45, 2.75) is 31.8 Å². The first-order valence-corrected chi connectivity index (χ1v) is 12.1. The zero-order valence-electron chi connectivity index (χ0n) is 19.5. The number of methoxy groups -OCH3 is 1. The Morgan fingerprint density at radius 3 is 2.37 bits per heavy atom. The van der Waals surface area contributed by atoms with E-state index in [4.69, 9.17) is 14.3 Å². The molecule has 35 heavy (non-hydrogen) atoms. The van der Waals surface area contributed by atoms with Gasteiger partial charge in [-0.3, -0.25) is 4.79 Å². The molecule has 0 saturated heterocycles. The lowest BCUT2D eigenvalue weighted by atomic mass is 10.1. The van der Waals surface area contributed by atoms with Crippen molar-refractivity contribution in [1.29, 1.82) is 4.78 Å². The summed E-state index contributed by atoms with van der Waals surface area (Å²) in [6, 6.07) is 8.97. The lowest BCUT2D eigenvalue weighted by molar-refractivity contribution is -0.142. The van der Waals surface area contributed by atoms with Crippen molar-refractivity contribution in [2.75, 3.05) is 18.7 Å². The highest BCUT2D eigenvalue weighted by Crippen LogP contribution is 2.37. The van der Waals surface area contributed by atoms with Crippen LogP contribution in [0.2, 0.25) is 0 Å². The summed E-state index contributed by atoms with van der Waals surface area (Å²) in [7, 11) is -1.61. The molecule has 1 unspecified atom stereocenters. The number of rotatable bonds is 6. The number of hydrogen-bond donors (Lipinski definition) is 2. The van der Waals surface area contributed by atoms with Gasteiger partial charge in [0.2, 0.25) is 0 Å². The van der Waals surface area contributed by atoms with Crippen molar-refractivity contribution in [3.8, 4) is 17.4 Å². The molecule has 3 aromatic rings. The molecule has 0 radical (unpaired) electrons. The summed E-state index contributed by atoms with van der Waals surface area (Å²) in [4.78, 5) is 13.3. The second-order valence-corrected chi connectivity index (χ2v) is 9.98. The van der Waals surface area contributed by atoms with Crippen LogP contribution in [-0.2, 0) is 15.9 Å². The Kier molecular flexibility index (Phi) is 7.06. The Bertz CT molecular complexity index is 1410. The fourth-order valence-electron chi connectivity index (χ4n) is 3.45. The van der Waals surface area contributed by atoms with E-state index in [-0.39, 0.29) is 16.3 Å². The molecule has 1 aromatic heterocycles. The number of benzene rings is 2. The average molecular weight is 509 g/mol. The number of carbonyl (C=O) groups is 1. The van der Waals surface area contributed by atoms with E-state index in [0.717, 1.165) is 12.5 Å². The number of nitrogens with zero attached hydrogens (tertiary/aromatic N) is 2. The summed E-state index contributed by atoms with van der Waals surface area (Å²) in [5.41, 5.74) is -0.777. The average Bonchev–Trinajstić information content (AvgIpc) is 2.75. The normalized spacial score (nSPS) is 13.1. The van der Waals surface area contributed by atoms with Crippen LogP contribution in [0.15, 0.2) is 41.3 Å². The Labute approximate surface area is 200 Å². The summed E-state index contributed by atoms with van der Waals surface area (Å²) in [6.45, 7) is 4.61. The summed E-state index contributed by atoms with van der Waals surface area (Å²) in [5, 5.41) is 9.30. The molecule has 0 fully saturated rings. The molecule has 0 aliphatic carbocycles. The first-order chi connectivity index (χ1) is 16.2. The smallest absolute Gasteiger partial charge is 0.435 e. The number of amides is 1. The van der Waals surface area contributed by atoms with E-state index < -0.39 is 44.5 Å². The van der Waals surface area contributed by atoms with E-state index in [1.807, 2.05) is 6.92 Å². The topological polar surface area (TPSA) is 114 Å². The van der Waals surface area contributed by atoms with Crippen molar-refractivity contribution in [2.24, 2.45) is 0 Å². The molecule has 3 rings (SSSR count). The quantitative estimate of drug-likeness (QED) is 0.454. The highest BCUT2D eigenvalue weighted by molar-refractivity contribution is 7.91. The summed E-state index contributed by atoms with van der Waals surface area (Å²) in [6.07, 6.45) is -3.64. The summed E-state index contributed by atoms with van der Waals surface area (Å²) < 4.78 is 71.5. The predicted octanol–water partition coefficient (Wildman–Crippen LogP) is 5.51. The molecule has 186 valence electrons. The van der Waals surface area contributed by atoms with Gasteiger partial charge in [0.05, 0.1) is 16.8 Å². The van der Waals surface area contributed by atoms with Gasteiger partial charge in [-0.25, -0.2) is 8.99 Å². The van der Waals surface area contributed by atoms with Gasteiger partial charge in [0.25, 0.3) is 11.8 Å². The summed E-state index contributed by atoms with van der Waals surface area (Å²) in [5.74, 6) is -0.644. The van der Waals surface area contributed by atoms with Crippen molar-refractivity contribution >= 4 is 21.3 Å². The van der Waals surface area contributed by atoms with Gasteiger partial charge in [-0.05, 0) is 56.2 Å². The van der Waals surface area contributed by atoms with Gasteiger partial charge in [0.15, 0.2) is 5.69 Å². The number of hydrogen-bond acceptors (Lipinski definition) is 7. The van der Waals surface area contributed by atoms with E-state index in [1.165, 1.54) is 37.6 Å². The number of alkyl halides is 3. The molecule has 0 aliphatic rings. The van der Waals surface area contributed by atoms with E-state index in [9.17, 15) is 22.2 Å². The van der Waals surface area contributed by atoms with Crippen LogP contribution < -0.4 is 14.8 Å². The van der Waals surface area contributed by atoms with Crippen molar-refractivity contribution < 1.29 is 31.6 Å². The lowest BCUT2D eigenvalue weighted by Crippen LogP contribution is -2.21. The molecule has 0 saturated carbocycles. The van der Waals surface area contributed by atoms with E-state index >= 15 is 0 Å². The van der Waals surface area contributed by atoms with Crippen LogP contribution in [0.25, 0.3) is 0 Å². The third kappa shape index (κ3) is 5.53. The Balaban J connectivity index is 2.11. The number of halogens is 3. The molecule has 0 aliphatic heterocycles. The zero-order valence-corrected chi connectivity index (χ0v) is 20.4. The number of aryl methyl sites for hydroxylation is 1. The van der Waals surface area contributed by atoms with Gasteiger partial charge in [0.1, 0.15) is 17.1 Å². The van der Waals surface area contributed by atoms with Gasteiger partial charge in [-0.2, -0.15) is 13.2 Å². The molecular weight excluding hydrogens is 485 g/mol. The second-order valence-electron chi connectivity index (χ2n) is 7.82. The maximum atomic E-state index is 13.5. The summed E-state index contributed by atoms with van der Waals surface area (Å²) >= 11 is 0. The molecular formula is C23H23F3N4O4S. The highest BCUT2D eigenvalue weighted by Gasteiger charge is 2.38. The molecule has 0 spiro atoms. The van der Waals surface area contributed by atoms with Crippen LogP contribution in [0.3, 0.4) is 0 Å². The van der Waals surface area contributed by atoms with Crippen LogP contribution >= 0.6 is 0 Å². The van der Waals surface area contributed by atoms with Crippen molar-refractivity contribution in [1.82, 2.24) is 10.2 Å². The Morgan fingerprint density at radius 1 is 1.09 bits per heavy atom. The molecule has 2 aromatic carbocycles. The van der Waals surface area contributed by atoms with Crippen molar-refractivity contribution in [3.63, 3.8) is 0 Å². The minimum atomic E-state index is -4.85. The highest BCUT2D eigenvalue weighted by atomic mass is 32.2. The first kappa shape index (κ1) is 25.9. The van der Waals surface area contributed by atoms with Crippen LogP contribution in [0, 0.1) is 25.6 Å². The first-order valence-electron chi connectivity index (χ1n) is 10.2. The van der Waals surface area contributed by atoms with Crippen LogP contribution in [0.5, 0.6) is 17.4 Å². The maximum absolute atomic E-state index is 13.5. The van der Waals surface area contributed by atoms with E-state index in [2.05, 4.69) is 15.5 Å². The molecule has 12 heteroatoms. The number of ether oxygens (including phenoxy) is 2. The van der Waals surface area contributed by atoms with Gasteiger partial charge in [0, 0.05) is 22.4 Å². The molecule has 1 amide bonds. The minimum Gasteiger partial charge on any atom is -0.496 e. The minimum absolute atomic E-state index is 0.137. The van der Waals surface area contributed by atoms with Crippen LogP contribution in [0.1, 0.15) is 32.7 Å². The largest absolute Gasteiger partial charge is 0.496 e. The fraction of sp³-hybridized carbons (Fsp3) is 0.261. The van der Waals surface area contributed by atoms with Crippen molar-refractivity contribution in [3.05, 3.63) is 64.3 Å². The third-order valence-corrected chi connectivity index (χ3v) is 6.34. The van der Waals surface area contributed by atoms with E-state index in [1.54, 1.807) is 19.1 Å². The zero-order chi connectivity index (χ0) is 26.1. The van der Waals surface area contributed by atoms with Gasteiger partial charge in [-0.15, -0.1) is 10.2 Å². The van der Waals surface area contributed by atoms with Gasteiger partial charge in [-0.1, -0.05) is 12.1 Å². The van der Waals surface area contributed by atoms with Crippen LogP contribution in [-0.4, -0.2) is 33.7 Å². The molecule has 1 atom stereocenters. The Morgan fingerprint density at radius 2 is 1.77 bits per heavy atom. The monoisotopic (exact) mass is 508 g/mol. The maximum Gasteiger partial charge on any atom is 0.435 e. The molecule has 8 nitrogen and oxygen atoms in total. The lowest BCUT2D eigenvalue weighted by Gasteiger charge is -2.18. The second kappa shape index (κ2) is 9.53. The molecule has 2 N–H and O–H groups in total. The fourth-order valence-corrected chi connectivity index (χ4v) is 4.15.